The Morgan fingerprint density at radius 2 is 1.17 bits per heavy atom. The average molecular weight is 370 g/mol. The Labute approximate surface area is 149 Å². The maximum absolute atomic E-state index is 11.9. The fourth-order valence-corrected chi connectivity index (χ4v) is 3.61. The van der Waals surface area contributed by atoms with Crippen molar-refractivity contribution in [1.29, 1.82) is 0 Å². The standard InChI is InChI=1S/C18H37FO3S.H3N/c1-2-3-4-5-6-7-8-11-14-17-22-23(20,21)18-15-12-9-10-13-16-19;/h2-18H2,1H3;1H3. The average Bonchev–Trinajstić information content (AvgIpc) is 2.52. The van der Waals surface area contributed by atoms with Crippen LogP contribution in [-0.2, 0) is 14.3 Å². The van der Waals surface area contributed by atoms with Crippen LogP contribution in [-0.4, -0.2) is 27.5 Å². The Hall–Kier alpha value is -0.200. The van der Waals surface area contributed by atoms with Crippen molar-refractivity contribution in [1.82, 2.24) is 6.15 Å². The molecule has 0 aromatic rings. The summed E-state index contributed by atoms with van der Waals surface area (Å²) >= 11 is 0. The van der Waals surface area contributed by atoms with Crippen LogP contribution in [0.5, 0.6) is 0 Å². The molecule has 0 heterocycles. The van der Waals surface area contributed by atoms with Gasteiger partial charge in [-0.25, -0.2) is 0 Å². The van der Waals surface area contributed by atoms with Crippen LogP contribution in [0.25, 0.3) is 0 Å². The minimum absolute atomic E-state index is 0. The van der Waals surface area contributed by atoms with Crippen LogP contribution < -0.4 is 6.15 Å². The normalized spacial score (nSPS) is 11.4. The van der Waals surface area contributed by atoms with E-state index >= 15 is 0 Å². The van der Waals surface area contributed by atoms with Gasteiger partial charge in [0.1, 0.15) is 0 Å². The molecule has 0 aromatic heterocycles. The molecule has 4 nitrogen and oxygen atoms in total. The molecular formula is C18H40FNO3S. The topological polar surface area (TPSA) is 78.4 Å². The highest BCUT2D eigenvalue weighted by molar-refractivity contribution is 7.86. The number of hydrogen-bond donors (Lipinski definition) is 1. The minimum Gasteiger partial charge on any atom is -0.344 e. The summed E-state index contributed by atoms with van der Waals surface area (Å²) in [5, 5.41) is 0. The molecule has 6 heteroatoms. The van der Waals surface area contributed by atoms with Gasteiger partial charge in [-0.3, -0.25) is 8.57 Å². The van der Waals surface area contributed by atoms with Crippen molar-refractivity contribution in [2.24, 2.45) is 0 Å². The molecule has 0 amide bonds. The first-order valence-electron chi connectivity index (χ1n) is 9.55. The lowest BCUT2D eigenvalue weighted by Crippen LogP contribution is -2.11. The van der Waals surface area contributed by atoms with Gasteiger partial charge in [0, 0.05) is 0 Å². The molecule has 0 saturated heterocycles. The molecule has 24 heavy (non-hydrogen) atoms. The molecule has 3 N–H and O–H groups in total. The van der Waals surface area contributed by atoms with Crippen LogP contribution in [0.3, 0.4) is 0 Å². The molecule has 0 rings (SSSR count). The molecule has 0 radical (unpaired) electrons. The second kappa shape index (κ2) is 19.1. The Morgan fingerprint density at radius 3 is 1.71 bits per heavy atom. The summed E-state index contributed by atoms with van der Waals surface area (Å²) in [6.45, 7) is 2.26. The molecule has 0 saturated carbocycles. The molecular weight excluding hydrogens is 329 g/mol. The van der Waals surface area contributed by atoms with E-state index < -0.39 is 10.1 Å². The van der Waals surface area contributed by atoms with Crippen LogP contribution in [0.4, 0.5) is 4.39 Å². The zero-order valence-electron chi connectivity index (χ0n) is 15.7. The number of hydrogen-bond acceptors (Lipinski definition) is 4. The Bertz CT molecular complexity index is 337. The lowest BCUT2D eigenvalue weighted by atomic mass is 10.1. The summed E-state index contributed by atoms with van der Waals surface area (Å²) in [6.07, 6.45) is 14.6. The number of rotatable bonds is 18. The molecule has 0 aliphatic rings. The summed E-state index contributed by atoms with van der Waals surface area (Å²) in [5.74, 6) is 0.0973. The third kappa shape index (κ3) is 19.8. The molecule has 0 aromatic carbocycles. The molecule has 0 aliphatic carbocycles. The third-order valence-corrected chi connectivity index (χ3v) is 5.35. The number of alkyl halides is 1. The van der Waals surface area contributed by atoms with Crippen molar-refractivity contribution in [3.8, 4) is 0 Å². The summed E-state index contributed by atoms with van der Waals surface area (Å²) in [7, 11) is -3.36. The highest BCUT2D eigenvalue weighted by atomic mass is 32.2. The zero-order chi connectivity index (χ0) is 17.2. The van der Waals surface area contributed by atoms with Gasteiger partial charge in [0.05, 0.1) is 19.0 Å². The van der Waals surface area contributed by atoms with E-state index in [1.54, 1.807) is 0 Å². The summed E-state index contributed by atoms with van der Waals surface area (Å²) in [4.78, 5) is 0. The molecule has 0 unspecified atom stereocenters. The van der Waals surface area contributed by atoms with Crippen LogP contribution in [0.1, 0.15) is 96.8 Å². The van der Waals surface area contributed by atoms with Crippen LogP contribution >= 0.6 is 0 Å². The van der Waals surface area contributed by atoms with Crippen LogP contribution in [0.2, 0.25) is 0 Å². The quantitative estimate of drug-likeness (QED) is 0.239. The number of unbranched alkanes of at least 4 members (excludes halogenated alkanes) is 12. The largest absolute Gasteiger partial charge is 0.344 e. The van der Waals surface area contributed by atoms with Crippen molar-refractivity contribution >= 4 is 10.1 Å². The van der Waals surface area contributed by atoms with E-state index in [4.69, 9.17) is 4.18 Å². The maximum Gasteiger partial charge on any atom is 0.267 e. The van der Waals surface area contributed by atoms with Gasteiger partial charge in [-0.15, -0.1) is 0 Å². The Balaban J connectivity index is 0. The van der Waals surface area contributed by atoms with Crippen molar-refractivity contribution < 1.29 is 17.0 Å². The molecule has 0 aliphatic heterocycles. The SMILES string of the molecule is CCCCCCCCCCCOS(=O)(=O)CCCCCCCF.N. The second-order valence-corrected chi connectivity index (χ2v) is 8.13. The van der Waals surface area contributed by atoms with Crippen LogP contribution in [0.15, 0.2) is 0 Å². The maximum atomic E-state index is 11.9. The molecule has 0 atom stereocenters. The fourth-order valence-electron chi connectivity index (χ4n) is 2.56. The first kappa shape index (κ1) is 26.0. The monoisotopic (exact) mass is 369 g/mol. The van der Waals surface area contributed by atoms with Gasteiger partial charge in [0.25, 0.3) is 10.1 Å². The number of halogens is 1. The van der Waals surface area contributed by atoms with Gasteiger partial charge in [-0.1, -0.05) is 77.6 Å². The zero-order valence-corrected chi connectivity index (χ0v) is 16.6. The molecule has 148 valence electrons. The summed E-state index contributed by atoms with van der Waals surface area (Å²) in [5.41, 5.74) is 0. The summed E-state index contributed by atoms with van der Waals surface area (Å²) < 4.78 is 40.3. The second-order valence-electron chi connectivity index (χ2n) is 6.37. The van der Waals surface area contributed by atoms with Gasteiger partial charge in [-0.05, 0) is 19.3 Å². The van der Waals surface area contributed by atoms with E-state index in [9.17, 15) is 12.8 Å². The predicted octanol–water partition coefficient (Wildman–Crippen LogP) is 5.95. The molecule has 0 bridgehead atoms. The van der Waals surface area contributed by atoms with Crippen molar-refractivity contribution in [2.75, 3.05) is 19.0 Å². The summed E-state index contributed by atoms with van der Waals surface area (Å²) in [6, 6.07) is 0. The first-order chi connectivity index (χ1) is 11.1. The minimum atomic E-state index is -3.36. The van der Waals surface area contributed by atoms with Crippen molar-refractivity contribution in [3.63, 3.8) is 0 Å². The van der Waals surface area contributed by atoms with E-state index in [-0.39, 0.29) is 18.6 Å². The van der Waals surface area contributed by atoms with Gasteiger partial charge in [0.2, 0.25) is 0 Å². The van der Waals surface area contributed by atoms with Gasteiger partial charge in [-0.2, -0.15) is 8.42 Å². The van der Waals surface area contributed by atoms with E-state index in [0.717, 1.165) is 32.1 Å². The fraction of sp³-hybridized carbons (Fsp3) is 1.00. The smallest absolute Gasteiger partial charge is 0.267 e. The molecule has 0 spiro atoms. The van der Waals surface area contributed by atoms with Gasteiger partial charge < -0.3 is 6.15 Å². The van der Waals surface area contributed by atoms with E-state index in [1.807, 2.05) is 0 Å². The lowest BCUT2D eigenvalue weighted by molar-refractivity contribution is 0.305. The third-order valence-electron chi connectivity index (χ3n) is 4.04. The molecule has 0 fully saturated rings. The first-order valence-corrected chi connectivity index (χ1v) is 11.1. The Morgan fingerprint density at radius 1 is 0.708 bits per heavy atom. The lowest BCUT2D eigenvalue weighted by Gasteiger charge is -2.06. The Kier molecular flexibility index (Phi) is 20.7. The highest BCUT2D eigenvalue weighted by Crippen LogP contribution is 2.10. The highest BCUT2D eigenvalue weighted by Gasteiger charge is 2.10. The van der Waals surface area contributed by atoms with E-state index in [2.05, 4.69) is 6.92 Å². The van der Waals surface area contributed by atoms with E-state index in [0.29, 0.717) is 19.4 Å². The van der Waals surface area contributed by atoms with Gasteiger partial charge in [0.15, 0.2) is 0 Å². The predicted molar refractivity (Wildman–Crippen MR) is 101 cm³/mol. The van der Waals surface area contributed by atoms with Gasteiger partial charge >= 0.3 is 0 Å². The van der Waals surface area contributed by atoms with Crippen molar-refractivity contribution in [2.45, 2.75) is 96.8 Å². The van der Waals surface area contributed by atoms with Crippen molar-refractivity contribution in [3.05, 3.63) is 0 Å². The van der Waals surface area contributed by atoms with E-state index in [1.165, 1.54) is 44.9 Å². The van der Waals surface area contributed by atoms with Crippen LogP contribution in [0, 0.1) is 0 Å².